The molecule has 3 aliphatic carbocycles. The minimum Gasteiger partial charge on any atom is -0.369 e. The van der Waals surface area contributed by atoms with E-state index in [1.54, 1.807) is 6.92 Å². The first-order chi connectivity index (χ1) is 7.24. The maximum absolute atomic E-state index is 9.30. The van der Waals surface area contributed by atoms with Crippen LogP contribution in [-0.2, 0) is 9.47 Å². The molecule has 3 nitrogen and oxygen atoms in total. The molecule has 2 bridgehead atoms. The summed E-state index contributed by atoms with van der Waals surface area (Å²) >= 11 is 0. The van der Waals surface area contributed by atoms with Gasteiger partial charge in [0.25, 0.3) is 0 Å². The van der Waals surface area contributed by atoms with Gasteiger partial charge in [0.05, 0.1) is 18.3 Å². The molecular formula is C12H18O3. The van der Waals surface area contributed by atoms with Crippen LogP contribution in [-0.4, -0.2) is 29.7 Å². The Hall–Kier alpha value is -0.120. The first-order valence-electron chi connectivity index (χ1n) is 6.23. The highest BCUT2D eigenvalue weighted by Gasteiger charge is 2.66. The zero-order valence-corrected chi connectivity index (χ0v) is 9.00. The highest BCUT2D eigenvalue weighted by Crippen LogP contribution is 2.64. The summed E-state index contributed by atoms with van der Waals surface area (Å²) < 4.78 is 11.3. The van der Waals surface area contributed by atoms with Gasteiger partial charge in [0.15, 0.2) is 6.29 Å². The molecule has 4 fully saturated rings. The summed E-state index contributed by atoms with van der Waals surface area (Å²) in [4.78, 5) is 0. The summed E-state index contributed by atoms with van der Waals surface area (Å²) in [7, 11) is 0. The summed E-state index contributed by atoms with van der Waals surface area (Å²) in [5.74, 6) is 3.22. The van der Waals surface area contributed by atoms with E-state index >= 15 is 0 Å². The van der Waals surface area contributed by atoms with Crippen LogP contribution >= 0.6 is 0 Å². The van der Waals surface area contributed by atoms with E-state index in [0.717, 1.165) is 24.2 Å². The molecule has 1 saturated heterocycles. The van der Waals surface area contributed by atoms with Crippen LogP contribution in [0.5, 0.6) is 0 Å². The van der Waals surface area contributed by atoms with Gasteiger partial charge in [-0.2, -0.15) is 0 Å². The van der Waals surface area contributed by atoms with Crippen molar-refractivity contribution in [2.24, 2.45) is 23.7 Å². The third kappa shape index (κ3) is 1.12. The van der Waals surface area contributed by atoms with Gasteiger partial charge in [0, 0.05) is 0 Å². The molecule has 1 aliphatic heterocycles. The van der Waals surface area contributed by atoms with E-state index in [1.165, 1.54) is 12.8 Å². The topological polar surface area (TPSA) is 42.0 Å². The maximum Gasteiger partial charge on any atom is 0.152 e. The lowest BCUT2D eigenvalue weighted by Crippen LogP contribution is -2.34. The van der Waals surface area contributed by atoms with Gasteiger partial charge < -0.3 is 14.6 Å². The number of epoxide rings is 1. The molecule has 1 heterocycles. The lowest BCUT2D eigenvalue weighted by molar-refractivity contribution is -0.148. The average Bonchev–Trinajstić information content (AvgIpc) is 2.59. The van der Waals surface area contributed by atoms with Crippen LogP contribution in [0.1, 0.15) is 26.2 Å². The fourth-order valence-corrected chi connectivity index (χ4v) is 4.68. The number of ether oxygens (including phenoxy) is 2. The van der Waals surface area contributed by atoms with Crippen molar-refractivity contribution in [1.82, 2.24) is 0 Å². The predicted molar refractivity (Wildman–Crippen MR) is 53.0 cm³/mol. The summed E-state index contributed by atoms with van der Waals surface area (Å²) in [5, 5.41) is 9.30. The summed E-state index contributed by atoms with van der Waals surface area (Å²) in [6.45, 7) is 1.72. The molecule has 84 valence electrons. The van der Waals surface area contributed by atoms with Gasteiger partial charge >= 0.3 is 0 Å². The normalized spacial score (nSPS) is 61.6. The van der Waals surface area contributed by atoms with Crippen molar-refractivity contribution in [3.05, 3.63) is 0 Å². The number of hydrogen-bond acceptors (Lipinski definition) is 3. The number of aliphatic hydroxyl groups excluding tert-OH is 1. The van der Waals surface area contributed by atoms with E-state index in [9.17, 15) is 5.11 Å². The van der Waals surface area contributed by atoms with E-state index < -0.39 is 6.29 Å². The van der Waals surface area contributed by atoms with Crippen molar-refractivity contribution in [2.75, 3.05) is 0 Å². The van der Waals surface area contributed by atoms with Crippen LogP contribution in [0.3, 0.4) is 0 Å². The molecule has 8 unspecified atom stereocenters. The third-order valence-electron chi connectivity index (χ3n) is 5.05. The smallest absolute Gasteiger partial charge is 0.152 e. The fraction of sp³-hybridized carbons (Fsp3) is 1.00. The van der Waals surface area contributed by atoms with Gasteiger partial charge in [0.2, 0.25) is 0 Å². The van der Waals surface area contributed by atoms with Crippen LogP contribution in [0.2, 0.25) is 0 Å². The molecule has 3 heteroatoms. The van der Waals surface area contributed by atoms with E-state index in [0.29, 0.717) is 24.2 Å². The Bertz CT molecular complexity index is 291. The van der Waals surface area contributed by atoms with Gasteiger partial charge in [-0.1, -0.05) is 0 Å². The number of aliphatic hydroxyl groups is 1. The molecule has 0 spiro atoms. The first kappa shape index (κ1) is 8.97. The zero-order chi connectivity index (χ0) is 10.2. The average molecular weight is 210 g/mol. The molecule has 15 heavy (non-hydrogen) atoms. The fourth-order valence-electron chi connectivity index (χ4n) is 4.68. The van der Waals surface area contributed by atoms with Gasteiger partial charge in [-0.3, -0.25) is 0 Å². The quantitative estimate of drug-likeness (QED) is 0.549. The molecule has 0 aromatic rings. The molecule has 0 radical (unpaired) electrons. The maximum atomic E-state index is 9.30. The van der Waals surface area contributed by atoms with Crippen molar-refractivity contribution in [3.8, 4) is 0 Å². The molecule has 4 rings (SSSR count). The van der Waals surface area contributed by atoms with E-state index in [4.69, 9.17) is 9.47 Å². The molecule has 0 aromatic carbocycles. The standard InChI is InChI=1S/C12H18O3/c1-5(13)14-9-3-6-2-7(9)8-4-10-12(15-10)11(6)8/h5-13H,2-4H2,1H3. The van der Waals surface area contributed by atoms with E-state index in [-0.39, 0.29) is 0 Å². The van der Waals surface area contributed by atoms with Crippen molar-refractivity contribution in [1.29, 1.82) is 0 Å². The summed E-state index contributed by atoms with van der Waals surface area (Å²) in [6, 6.07) is 0. The SMILES string of the molecule is CC(O)OC1CC2CC1C1CC3OC3C21. The lowest BCUT2D eigenvalue weighted by atomic mass is 9.79. The Morgan fingerprint density at radius 2 is 2.13 bits per heavy atom. The molecule has 1 N–H and O–H groups in total. The highest BCUT2D eigenvalue weighted by molar-refractivity contribution is 5.14. The van der Waals surface area contributed by atoms with Crippen LogP contribution in [0.15, 0.2) is 0 Å². The van der Waals surface area contributed by atoms with E-state index in [2.05, 4.69) is 0 Å². The molecule has 0 aromatic heterocycles. The van der Waals surface area contributed by atoms with Gasteiger partial charge in [-0.15, -0.1) is 0 Å². The van der Waals surface area contributed by atoms with Gasteiger partial charge in [0.1, 0.15) is 0 Å². The molecule has 3 saturated carbocycles. The van der Waals surface area contributed by atoms with Crippen molar-refractivity contribution < 1.29 is 14.6 Å². The second kappa shape index (κ2) is 2.76. The third-order valence-corrected chi connectivity index (χ3v) is 5.05. The predicted octanol–water partition coefficient (Wildman–Crippen LogP) is 1.15. The number of hydrogen-bond donors (Lipinski definition) is 1. The van der Waals surface area contributed by atoms with Crippen molar-refractivity contribution in [3.63, 3.8) is 0 Å². The number of fused-ring (bicyclic) bond motifs is 7. The summed E-state index contributed by atoms with van der Waals surface area (Å²) in [5.41, 5.74) is 0. The van der Waals surface area contributed by atoms with Crippen LogP contribution in [0.25, 0.3) is 0 Å². The second-order valence-corrected chi connectivity index (χ2v) is 5.79. The van der Waals surface area contributed by atoms with Gasteiger partial charge in [-0.05, 0) is 49.9 Å². The molecular weight excluding hydrogens is 192 g/mol. The Balaban J connectivity index is 1.53. The Morgan fingerprint density at radius 3 is 2.93 bits per heavy atom. The zero-order valence-electron chi connectivity index (χ0n) is 9.00. The lowest BCUT2D eigenvalue weighted by Gasteiger charge is -2.33. The second-order valence-electron chi connectivity index (χ2n) is 5.79. The van der Waals surface area contributed by atoms with E-state index in [1.807, 2.05) is 0 Å². The molecule has 4 aliphatic rings. The Morgan fingerprint density at radius 1 is 1.27 bits per heavy atom. The van der Waals surface area contributed by atoms with Crippen LogP contribution in [0, 0.1) is 23.7 Å². The minimum absolute atomic E-state index is 0.328. The Kier molecular flexibility index (Phi) is 1.65. The van der Waals surface area contributed by atoms with Crippen molar-refractivity contribution in [2.45, 2.75) is 50.8 Å². The molecule has 0 amide bonds. The van der Waals surface area contributed by atoms with Crippen LogP contribution in [0.4, 0.5) is 0 Å². The monoisotopic (exact) mass is 210 g/mol. The first-order valence-corrected chi connectivity index (χ1v) is 6.23. The van der Waals surface area contributed by atoms with Crippen LogP contribution < -0.4 is 0 Å². The summed E-state index contributed by atoms with van der Waals surface area (Å²) in [6.07, 6.45) is 4.67. The van der Waals surface area contributed by atoms with Gasteiger partial charge in [-0.25, -0.2) is 0 Å². The van der Waals surface area contributed by atoms with Crippen molar-refractivity contribution >= 4 is 0 Å². The minimum atomic E-state index is -0.597. The Labute approximate surface area is 89.8 Å². The number of rotatable bonds is 2. The molecule has 8 atom stereocenters. The highest BCUT2D eigenvalue weighted by atomic mass is 16.6. The largest absolute Gasteiger partial charge is 0.369 e.